The van der Waals surface area contributed by atoms with E-state index in [-0.39, 0.29) is 18.9 Å². The number of hydrogen-bond donors (Lipinski definition) is 2. The lowest BCUT2D eigenvalue weighted by Gasteiger charge is -2.04. The summed E-state index contributed by atoms with van der Waals surface area (Å²) in [6.45, 7) is 2.00. The molecule has 6 nitrogen and oxygen atoms in total. The maximum atomic E-state index is 11.9. The van der Waals surface area contributed by atoms with Gasteiger partial charge in [-0.2, -0.15) is 0 Å². The minimum atomic E-state index is -0.561. The number of rotatable bonds is 5. The molecule has 2 rings (SSSR count). The Morgan fingerprint density at radius 2 is 2.00 bits per heavy atom. The highest BCUT2D eigenvalue weighted by Gasteiger charge is 2.10. The summed E-state index contributed by atoms with van der Waals surface area (Å²) >= 11 is 7.01. The SMILES string of the molecule is CCOC(=O)Nc1nc(CC(=O)Nc2ccc(Cl)cc2)cs1. The van der Waals surface area contributed by atoms with E-state index in [0.29, 0.717) is 21.5 Å². The van der Waals surface area contributed by atoms with Crippen molar-refractivity contribution in [2.24, 2.45) is 0 Å². The van der Waals surface area contributed by atoms with E-state index in [1.165, 1.54) is 11.3 Å². The quantitative estimate of drug-likeness (QED) is 0.873. The van der Waals surface area contributed by atoms with Gasteiger partial charge in [0.25, 0.3) is 0 Å². The van der Waals surface area contributed by atoms with Crippen LogP contribution in [0.25, 0.3) is 0 Å². The number of anilines is 2. The first-order valence-electron chi connectivity index (χ1n) is 6.50. The molecule has 116 valence electrons. The number of aromatic nitrogens is 1. The van der Waals surface area contributed by atoms with Crippen molar-refractivity contribution in [2.45, 2.75) is 13.3 Å². The molecule has 0 bridgehead atoms. The third-order valence-corrected chi connectivity index (χ3v) is 3.56. The van der Waals surface area contributed by atoms with E-state index in [9.17, 15) is 9.59 Å². The van der Waals surface area contributed by atoms with Crippen LogP contribution in [0.5, 0.6) is 0 Å². The molecular formula is C14H14ClN3O3S. The Labute approximate surface area is 136 Å². The lowest BCUT2D eigenvalue weighted by molar-refractivity contribution is -0.115. The van der Waals surface area contributed by atoms with Gasteiger partial charge < -0.3 is 10.1 Å². The minimum absolute atomic E-state index is 0.115. The van der Waals surface area contributed by atoms with Gasteiger partial charge >= 0.3 is 6.09 Å². The van der Waals surface area contributed by atoms with Gasteiger partial charge in [-0.1, -0.05) is 11.6 Å². The monoisotopic (exact) mass is 339 g/mol. The van der Waals surface area contributed by atoms with Crippen molar-refractivity contribution in [1.82, 2.24) is 4.98 Å². The average molecular weight is 340 g/mol. The highest BCUT2D eigenvalue weighted by atomic mass is 35.5. The number of benzene rings is 1. The van der Waals surface area contributed by atoms with Gasteiger partial charge in [-0.05, 0) is 31.2 Å². The van der Waals surface area contributed by atoms with Gasteiger partial charge in [0.15, 0.2) is 5.13 Å². The van der Waals surface area contributed by atoms with Crippen LogP contribution in [0.4, 0.5) is 15.6 Å². The largest absolute Gasteiger partial charge is 0.450 e. The van der Waals surface area contributed by atoms with Crippen LogP contribution in [0.2, 0.25) is 5.02 Å². The third kappa shape index (κ3) is 5.01. The Bertz CT molecular complexity index is 658. The molecular weight excluding hydrogens is 326 g/mol. The minimum Gasteiger partial charge on any atom is -0.450 e. The molecule has 1 aromatic carbocycles. The zero-order valence-electron chi connectivity index (χ0n) is 11.8. The molecule has 22 heavy (non-hydrogen) atoms. The van der Waals surface area contributed by atoms with Gasteiger partial charge in [0.05, 0.1) is 18.7 Å². The Morgan fingerprint density at radius 1 is 1.27 bits per heavy atom. The van der Waals surface area contributed by atoms with Crippen LogP contribution in [0.3, 0.4) is 0 Å². The Balaban J connectivity index is 1.88. The standard InChI is InChI=1S/C14H14ClN3O3S/c1-2-21-14(20)18-13-17-11(8-22-13)7-12(19)16-10-5-3-9(15)4-6-10/h3-6,8H,2,7H2,1H3,(H,16,19)(H,17,18,20). The molecule has 0 unspecified atom stereocenters. The predicted octanol–water partition coefficient (Wildman–Crippen LogP) is 3.55. The molecule has 0 atom stereocenters. The molecule has 0 fully saturated rings. The van der Waals surface area contributed by atoms with Crippen molar-refractivity contribution in [2.75, 3.05) is 17.2 Å². The van der Waals surface area contributed by atoms with Crippen LogP contribution < -0.4 is 10.6 Å². The molecule has 1 heterocycles. The number of halogens is 1. The molecule has 2 N–H and O–H groups in total. The van der Waals surface area contributed by atoms with Crippen LogP contribution in [-0.2, 0) is 16.0 Å². The lowest BCUT2D eigenvalue weighted by atomic mass is 10.3. The summed E-state index contributed by atoms with van der Waals surface area (Å²) in [5.41, 5.74) is 1.23. The molecule has 0 aliphatic heterocycles. The number of nitrogens with zero attached hydrogens (tertiary/aromatic N) is 1. The number of amides is 2. The number of nitrogens with one attached hydrogen (secondary N) is 2. The number of ether oxygens (including phenoxy) is 1. The van der Waals surface area contributed by atoms with E-state index in [1.54, 1.807) is 36.6 Å². The molecule has 0 aliphatic rings. The molecule has 0 saturated carbocycles. The first-order chi connectivity index (χ1) is 10.6. The smallest absolute Gasteiger partial charge is 0.413 e. The normalized spacial score (nSPS) is 10.1. The zero-order chi connectivity index (χ0) is 15.9. The van der Waals surface area contributed by atoms with Gasteiger partial charge in [-0.25, -0.2) is 9.78 Å². The Morgan fingerprint density at radius 3 is 2.68 bits per heavy atom. The van der Waals surface area contributed by atoms with Crippen molar-refractivity contribution in [3.05, 3.63) is 40.4 Å². The van der Waals surface area contributed by atoms with Gasteiger partial charge in [-0.3, -0.25) is 10.1 Å². The fraction of sp³-hybridized carbons (Fsp3) is 0.214. The maximum absolute atomic E-state index is 11.9. The molecule has 2 amide bonds. The molecule has 0 spiro atoms. The summed E-state index contributed by atoms with van der Waals surface area (Å²) < 4.78 is 4.75. The van der Waals surface area contributed by atoms with Gasteiger partial charge in [0, 0.05) is 16.1 Å². The Hall–Kier alpha value is -2.12. The average Bonchev–Trinajstić information content (AvgIpc) is 2.88. The third-order valence-electron chi connectivity index (χ3n) is 2.51. The number of carbonyl (C=O) groups is 2. The Kier molecular flexibility index (Phi) is 5.74. The second kappa shape index (κ2) is 7.77. The van der Waals surface area contributed by atoms with Crippen molar-refractivity contribution >= 4 is 45.8 Å². The highest BCUT2D eigenvalue weighted by molar-refractivity contribution is 7.13. The molecule has 8 heteroatoms. The van der Waals surface area contributed by atoms with Crippen molar-refractivity contribution in [3.8, 4) is 0 Å². The summed E-state index contributed by atoms with van der Waals surface area (Å²) in [6, 6.07) is 6.83. The van der Waals surface area contributed by atoms with E-state index in [4.69, 9.17) is 16.3 Å². The van der Waals surface area contributed by atoms with Crippen molar-refractivity contribution in [1.29, 1.82) is 0 Å². The van der Waals surface area contributed by atoms with E-state index < -0.39 is 6.09 Å². The second-order valence-corrected chi connectivity index (χ2v) is 5.52. The first kappa shape index (κ1) is 16.3. The zero-order valence-corrected chi connectivity index (χ0v) is 13.3. The maximum Gasteiger partial charge on any atom is 0.413 e. The van der Waals surface area contributed by atoms with Gasteiger partial charge in [-0.15, -0.1) is 11.3 Å². The van der Waals surface area contributed by atoms with E-state index in [2.05, 4.69) is 15.6 Å². The lowest BCUT2D eigenvalue weighted by Crippen LogP contribution is -2.15. The van der Waals surface area contributed by atoms with Crippen LogP contribution in [0.15, 0.2) is 29.6 Å². The molecule has 0 saturated heterocycles. The van der Waals surface area contributed by atoms with Crippen molar-refractivity contribution in [3.63, 3.8) is 0 Å². The van der Waals surface area contributed by atoms with Gasteiger partial charge in [0.2, 0.25) is 5.91 Å². The first-order valence-corrected chi connectivity index (χ1v) is 7.76. The van der Waals surface area contributed by atoms with E-state index >= 15 is 0 Å². The summed E-state index contributed by atoms with van der Waals surface area (Å²) in [5, 5.41) is 7.95. The fourth-order valence-electron chi connectivity index (χ4n) is 1.60. The summed E-state index contributed by atoms with van der Waals surface area (Å²) in [5.74, 6) is -0.199. The van der Waals surface area contributed by atoms with Crippen molar-refractivity contribution < 1.29 is 14.3 Å². The number of hydrogen-bond acceptors (Lipinski definition) is 5. The summed E-state index contributed by atoms with van der Waals surface area (Å²) in [4.78, 5) is 27.3. The number of thiazole rings is 1. The van der Waals surface area contributed by atoms with Crippen LogP contribution >= 0.6 is 22.9 Å². The van der Waals surface area contributed by atoms with Gasteiger partial charge in [0.1, 0.15) is 0 Å². The molecule has 0 radical (unpaired) electrons. The molecule has 2 aromatic rings. The van der Waals surface area contributed by atoms with E-state index in [1.807, 2.05) is 0 Å². The summed E-state index contributed by atoms with van der Waals surface area (Å²) in [6.07, 6.45) is -0.446. The van der Waals surface area contributed by atoms with Crippen LogP contribution in [0, 0.1) is 0 Å². The second-order valence-electron chi connectivity index (χ2n) is 4.22. The van der Waals surface area contributed by atoms with E-state index in [0.717, 1.165) is 0 Å². The molecule has 0 aliphatic carbocycles. The predicted molar refractivity (Wildman–Crippen MR) is 86.5 cm³/mol. The molecule has 1 aromatic heterocycles. The van der Waals surface area contributed by atoms with Crippen LogP contribution in [0.1, 0.15) is 12.6 Å². The topological polar surface area (TPSA) is 80.3 Å². The number of carbonyl (C=O) groups excluding carboxylic acids is 2. The summed E-state index contributed by atoms with van der Waals surface area (Å²) in [7, 11) is 0. The fourth-order valence-corrected chi connectivity index (χ4v) is 2.42. The highest BCUT2D eigenvalue weighted by Crippen LogP contribution is 2.17. The van der Waals surface area contributed by atoms with Crippen LogP contribution in [-0.4, -0.2) is 23.6 Å².